The Bertz CT molecular complexity index is 1160. The number of urea groups is 1. The zero-order chi connectivity index (χ0) is 24.1. The first-order valence-electron chi connectivity index (χ1n) is 10.4. The first-order chi connectivity index (χ1) is 15.8. The molecular weight excluding hydrogens is 444 g/mol. The highest BCUT2D eigenvalue weighted by atomic mass is 35.5. The normalized spacial score (nSPS) is 15.0. The molecule has 4 amide bonds. The quantitative estimate of drug-likeness (QED) is 0.340. The number of allylic oxidation sites excluding steroid dienone is 1. The summed E-state index contributed by atoms with van der Waals surface area (Å²) in [7, 11) is 1.52. The molecule has 2 aromatic rings. The Labute approximate surface area is 197 Å². The van der Waals surface area contributed by atoms with Crippen LogP contribution < -0.4 is 19.7 Å². The van der Waals surface area contributed by atoms with Gasteiger partial charge in [0.25, 0.3) is 11.8 Å². The zero-order valence-corrected chi connectivity index (χ0v) is 19.5. The smallest absolute Gasteiger partial charge is 0.335 e. The number of nitrogens with zero attached hydrogens (tertiary/aromatic N) is 1. The van der Waals surface area contributed by atoms with Crippen LogP contribution in [0.4, 0.5) is 10.5 Å². The van der Waals surface area contributed by atoms with E-state index in [0.717, 1.165) is 16.9 Å². The summed E-state index contributed by atoms with van der Waals surface area (Å²) in [5.41, 5.74) is 2.11. The number of aryl methyl sites for hydroxylation is 1. The Morgan fingerprint density at radius 3 is 2.61 bits per heavy atom. The van der Waals surface area contributed by atoms with E-state index in [1.165, 1.54) is 19.3 Å². The molecule has 0 bridgehead atoms. The number of anilines is 1. The topological polar surface area (TPSA) is 84.9 Å². The summed E-state index contributed by atoms with van der Waals surface area (Å²) >= 11 is 6.07. The summed E-state index contributed by atoms with van der Waals surface area (Å²) in [5, 5.41) is 2.59. The van der Waals surface area contributed by atoms with Gasteiger partial charge in [-0.1, -0.05) is 30.7 Å². The molecular formula is C25H25ClN2O5. The molecule has 0 aromatic heterocycles. The van der Waals surface area contributed by atoms with E-state index < -0.39 is 17.8 Å². The highest BCUT2D eigenvalue weighted by Crippen LogP contribution is 2.35. The summed E-state index contributed by atoms with van der Waals surface area (Å²) in [6.07, 6.45) is 4.48. The van der Waals surface area contributed by atoms with Crippen molar-refractivity contribution < 1.29 is 23.9 Å². The number of hydrogen-bond acceptors (Lipinski definition) is 5. The maximum absolute atomic E-state index is 13.2. The van der Waals surface area contributed by atoms with Crippen LogP contribution in [0.2, 0.25) is 5.02 Å². The minimum Gasteiger partial charge on any atom is -0.493 e. The first-order valence-corrected chi connectivity index (χ1v) is 10.8. The average Bonchev–Trinajstić information content (AvgIpc) is 2.78. The summed E-state index contributed by atoms with van der Waals surface area (Å²) < 4.78 is 11.4. The molecule has 0 radical (unpaired) electrons. The molecule has 172 valence electrons. The first kappa shape index (κ1) is 24.1. The highest BCUT2D eigenvalue weighted by Gasteiger charge is 2.37. The van der Waals surface area contributed by atoms with Crippen LogP contribution in [0.15, 0.2) is 48.6 Å². The fourth-order valence-electron chi connectivity index (χ4n) is 3.46. The van der Waals surface area contributed by atoms with Gasteiger partial charge in [-0.3, -0.25) is 14.9 Å². The van der Waals surface area contributed by atoms with E-state index in [-0.39, 0.29) is 5.57 Å². The molecule has 1 N–H and O–H groups in total. The number of methoxy groups -OCH3 is 1. The van der Waals surface area contributed by atoms with Crippen LogP contribution in [-0.2, 0) is 16.0 Å². The van der Waals surface area contributed by atoms with Gasteiger partial charge in [0.2, 0.25) is 0 Å². The molecule has 1 aliphatic rings. The van der Waals surface area contributed by atoms with Crippen LogP contribution in [0.5, 0.6) is 11.5 Å². The summed E-state index contributed by atoms with van der Waals surface area (Å²) in [5.74, 6) is -0.467. The van der Waals surface area contributed by atoms with Crippen molar-refractivity contribution in [1.29, 1.82) is 0 Å². The maximum Gasteiger partial charge on any atom is 0.335 e. The Morgan fingerprint density at radius 1 is 1.18 bits per heavy atom. The fourth-order valence-corrected chi connectivity index (χ4v) is 3.63. The standard InChI is InChI=1S/C25H25ClN2O5/c1-5-7-17-11-16(13-21(32-4)22(17)33-10-6-2)12-19-23(29)27-25(31)28(24(19)30)20-14-18(26)9-8-15(20)3/h5,8-9,11-14H,1,6-7,10H2,2-4H3,(H,27,29,31)/b19-12+. The van der Waals surface area contributed by atoms with E-state index in [4.69, 9.17) is 21.1 Å². The van der Waals surface area contributed by atoms with Gasteiger partial charge in [0.05, 0.1) is 19.4 Å². The lowest BCUT2D eigenvalue weighted by molar-refractivity contribution is -0.122. The minimum absolute atomic E-state index is 0.192. The van der Waals surface area contributed by atoms with Gasteiger partial charge >= 0.3 is 6.03 Å². The van der Waals surface area contributed by atoms with E-state index in [0.29, 0.717) is 46.4 Å². The number of amides is 4. The Morgan fingerprint density at radius 2 is 1.94 bits per heavy atom. The monoisotopic (exact) mass is 468 g/mol. The number of barbiturate groups is 1. The molecule has 1 heterocycles. The number of halogens is 1. The molecule has 2 aromatic carbocycles. The van der Waals surface area contributed by atoms with E-state index in [1.807, 2.05) is 6.92 Å². The Balaban J connectivity index is 2.08. The molecule has 0 spiro atoms. The predicted molar refractivity (Wildman–Crippen MR) is 128 cm³/mol. The number of hydrogen-bond donors (Lipinski definition) is 1. The Kier molecular flexibility index (Phi) is 7.55. The van der Waals surface area contributed by atoms with Crippen LogP contribution in [0.3, 0.4) is 0 Å². The predicted octanol–water partition coefficient (Wildman–Crippen LogP) is 4.84. The number of carbonyl (C=O) groups is 3. The molecule has 33 heavy (non-hydrogen) atoms. The van der Waals surface area contributed by atoms with Crippen molar-refractivity contribution in [3.8, 4) is 11.5 Å². The molecule has 8 heteroatoms. The average molecular weight is 469 g/mol. The molecule has 0 saturated carbocycles. The third-order valence-electron chi connectivity index (χ3n) is 5.01. The lowest BCUT2D eigenvalue weighted by atomic mass is 10.0. The van der Waals surface area contributed by atoms with Gasteiger partial charge in [0.1, 0.15) is 5.57 Å². The molecule has 1 saturated heterocycles. The van der Waals surface area contributed by atoms with Gasteiger partial charge in [0.15, 0.2) is 11.5 Å². The van der Waals surface area contributed by atoms with Crippen molar-refractivity contribution in [2.45, 2.75) is 26.7 Å². The number of imide groups is 2. The third kappa shape index (κ3) is 5.09. The molecule has 1 aliphatic heterocycles. The van der Waals surface area contributed by atoms with Crippen molar-refractivity contribution in [2.75, 3.05) is 18.6 Å². The molecule has 0 aliphatic carbocycles. The van der Waals surface area contributed by atoms with Crippen molar-refractivity contribution in [1.82, 2.24) is 5.32 Å². The molecule has 1 fully saturated rings. The second-order valence-corrected chi connectivity index (χ2v) is 7.88. The van der Waals surface area contributed by atoms with Crippen molar-refractivity contribution in [3.63, 3.8) is 0 Å². The lowest BCUT2D eigenvalue weighted by Crippen LogP contribution is -2.54. The minimum atomic E-state index is -0.833. The second kappa shape index (κ2) is 10.4. The van der Waals surface area contributed by atoms with Crippen LogP contribution in [0.25, 0.3) is 6.08 Å². The van der Waals surface area contributed by atoms with E-state index in [1.54, 1.807) is 37.3 Å². The number of carbonyl (C=O) groups excluding carboxylic acids is 3. The van der Waals surface area contributed by atoms with Gasteiger partial charge in [-0.05, 0) is 61.2 Å². The number of nitrogens with one attached hydrogen (secondary N) is 1. The largest absolute Gasteiger partial charge is 0.493 e. The fraction of sp³-hybridized carbons (Fsp3) is 0.240. The molecule has 0 atom stereocenters. The number of rotatable bonds is 8. The number of ether oxygens (including phenoxy) is 2. The highest BCUT2D eigenvalue weighted by molar-refractivity contribution is 6.39. The van der Waals surface area contributed by atoms with Gasteiger partial charge < -0.3 is 9.47 Å². The molecule has 7 nitrogen and oxygen atoms in total. The van der Waals surface area contributed by atoms with Gasteiger partial charge in [-0.15, -0.1) is 6.58 Å². The van der Waals surface area contributed by atoms with Crippen LogP contribution in [-0.4, -0.2) is 31.6 Å². The van der Waals surface area contributed by atoms with Gasteiger partial charge in [-0.2, -0.15) is 0 Å². The van der Waals surface area contributed by atoms with Gasteiger partial charge in [-0.25, -0.2) is 9.69 Å². The van der Waals surface area contributed by atoms with Crippen molar-refractivity contribution in [3.05, 3.63) is 70.3 Å². The van der Waals surface area contributed by atoms with Gasteiger partial charge in [0, 0.05) is 10.6 Å². The van der Waals surface area contributed by atoms with Crippen LogP contribution in [0, 0.1) is 6.92 Å². The zero-order valence-electron chi connectivity index (χ0n) is 18.7. The van der Waals surface area contributed by atoms with E-state index in [9.17, 15) is 14.4 Å². The van der Waals surface area contributed by atoms with Crippen molar-refractivity contribution >= 4 is 41.2 Å². The number of benzene rings is 2. The third-order valence-corrected chi connectivity index (χ3v) is 5.25. The SMILES string of the molecule is C=CCc1cc(/C=C2\C(=O)NC(=O)N(c3cc(Cl)ccc3C)C2=O)cc(OC)c1OCCC. The van der Waals surface area contributed by atoms with Crippen molar-refractivity contribution in [2.24, 2.45) is 0 Å². The van der Waals surface area contributed by atoms with Crippen LogP contribution in [0.1, 0.15) is 30.0 Å². The lowest BCUT2D eigenvalue weighted by Gasteiger charge is -2.27. The summed E-state index contributed by atoms with van der Waals surface area (Å²) in [4.78, 5) is 39.3. The maximum atomic E-state index is 13.2. The van der Waals surface area contributed by atoms with E-state index >= 15 is 0 Å². The summed E-state index contributed by atoms with van der Waals surface area (Å²) in [6.45, 7) is 8.04. The second-order valence-electron chi connectivity index (χ2n) is 7.44. The summed E-state index contributed by atoms with van der Waals surface area (Å²) in [6, 6.07) is 7.50. The molecule has 3 rings (SSSR count). The molecule has 0 unspecified atom stereocenters. The van der Waals surface area contributed by atoms with E-state index in [2.05, 4.69) is 11.9 Å². The van der Waals surface area contributed by atoms with Crippen LogP contribution >= 0.6 is 11.6 Å². The Hall–Kier alpha value is -3.58.